The first-order chi connectivity index (χ1) is 15.3. The highest BCUT2D eigenvalue weighted by Gasteiger charge is 2.17. The van der Waals surface area contributed by atoms with Crippen molar-refractivity contribution in [2.45, 2.75) is 11.8 Å². The molecule has 0 saturated heterocycles. The summed E-state index contributed by atoms with van der Waals surface area (Å²) in [6, 6.07) is 21.3. The predicted molar refractivity (Wildman–Crippen MR) is 125 cm³/mol. The molecule has 0 saturated carbocycles. The minimum absolute atomic E-state index is 0.0666. The number of anilines is 1. The molecule has 0 atom stereocenters. The van der Waals surface area contributed by atoms with Gasteiger partial charge in [0.2, 0.25) is 0 Å². The number of furan rings is 1. The molecule has 0 radical (unpaired) electrons. The van der Waals surface area contributed by atoms with E-state index < -0.39 is 15.9 Å². The maximum absolute atomic E-state index is 12.7. The van der Waals surface area contributed by atoms with Crippen LogP contribution in [0.4, 0.5) is 5.69 Å². The monoisotopic (exact) mass is 467 g/mol. The molecule has 32 heavy (non-hydrogen) atoms. The standard InChI is InChI=1S/C23H18ClN3O4S/c1-15(22-13-16-6-2-3-11-21(16)31-22)25-26-23(28)17-7-4-10-20(12-17)32(29,30)27-19-9-5-8-18(24)14-19/h2-14,27H,1H3,(H,26,28). The van der Waals surface area contributed by atoms with Crippen LogP contribution in [0, 0.1) is 0 Å². The molecule has 7 nitrogen and oxygen atoms in total. The molecule has 3 aromatic carbocycles. The third-order valence-corrected chi connectivity index (χ3v) is 6.20. The molecule has 9 heteroatoms. The van der Waals surface area contributed by atoms with Crippen LogP contribution in [0.5, 0.6) is 0 Å². The Morgan fingerprint density at radius 3 is 2.53 bits per heavy atom. The van der Waals surface area contributed by atoms with Crippen LogP contribution < -0.4 is 10.1 Å². The summed E-state index contributed by atoms with van der Waals surface area (Å²) in [4.78, 5) is 12.5. The fourth-order valence-corrected chi connectivity index (χ4v) is 4.27. The zero-order valence-corrected chi connectivity index (χ0v) is 18.4. The number of hydrogen-bond donors (Lipinski definition) is 2. The average Bonchev–Trinajstić information content (AvgIpc) is 3.21. The van der Waals surface area contributed by atoms with Crippen molar-refractivity contribution >= 4 is 49.9 Å². The number of hydrogen-bond acceptors (Lipinski definition) is 5. The quantitative estimate of drug-likeness (QED) is 0.306. The topological polar surface area (TPSA) is 101 Å². The van der Waals surface area contributed by atoms with Crippen LogP contribution in [-0.2, 0) is 10.0 Å². The van der Waals surface area contributed by atoms with Crippen molar-refractivity contribution in [3.63, 3.8) is 0 Å². The molecule has 162 valence electrons. The van der Waals surface area contributed by atoms with Gasteiger partial charge in [0.1, 0.15) is 11.3 Å². The summed E-state index contributed by atoms with van der Waals surface area (Å²) in [5, 5.41) is 5.40. The maximum Gasteiger partial charge on any atom is 0.271 e. The number of fused-ring (bicyclic) bond motifs is 1. The van der Waals surface area contributed by atoms with Gasteiger partial charge in [0.15, 0.2) is 5.76 Å². The third-order valence-electron chi connectivity index (χ3n) is 4.59. The van der Waals surface area contributed by atoms with E-state index >= 15 is 0 Å². The van der Waals surface area contributed by atoms with Crippen molar-refractivity contribution < 1.29 is 17.6 Å². The number of rotatable bonds is 6. The van der Waals surface area contributed by atoms with Crippen LogP contribution in [0.3, 0.4) is 0 Å². The number of nitrogens with one attached hydrogen (secondary N) is 2. The lowest BCUT2D eigenvalue weighted by Gasteiger charge is -2.09. The molecule has 2 N–H and O–H groups in total. The number of sulfonamides is 1. The number of hydrazone groups is 1. The highest BCUT2D eigenvalue weighted by atomic mass is 35.5. The van der Waals surface area contributed by atoms with Gasteiger partial charge < -0.3 is 4.42 Å². The molecule has 0 aliphatic rings. The van der Waals surface area contributed by atoms with Gasteiger partial charge in [-0.2, -0.15) is 5.10 Å². The smallest absolute Gasteiger partial charge is 0.271 e. The number of nitrogens with zero attached hydrogens (tertiary/aromatic N) is 1. The Morgan fingerprint density at radius 2 is 1.75 bits per heavy atom. The fraction of sp³-hybridized carbons (Fsp3) is 0.0435. The summed E-state index contributed by atoms with van der Waals surface area (Å²) in [5.74, 6) is -0.0335. The number of amides is 1. The van der Waals surface area contributed by atoms with Gasteiger partial charge >= 0.3 is 0 Å². The van der Waals surface area contributed by atoms with Crippen molar-refractivity contribution in [3.05, 3.63) is 95.2 Å². The predicted octanol–water partition coefficient (Wildman–Crippen LogP) is 5.04. The molecule has 0 bridgehead atoms. The molecule has 1 aromatic heterocycles. The minimum Gasteiger partial charge on any atom is -0.455 e. The number of para-hydroxylation sites is 1. The van der Waals surface area contributed by atoms with E-state index in [1.165, 1.54) is 30.3 Å². The molecule has 0 aliphatic heterocycles. The second-order valence-corrected chi connectivity index (χ2v) is 9.05. The summed E-state index contributed by atoms with van der Waals surface area (Å²) in [6.07, 6.45) is 0. The Bertz CT molecular complexity index is 1410. The van der Waals surface area contributed by atoms with Crippen LogP contribution in [0.15, 0.2) is 93.3 Å². The van der Waals surface area contributed by atoms with Gasteiger partial charge in [0.25, 0.3) is 15.9 Å². The lowest BCUT2D eigenvalue weighted by Crippen LogP contribution is -2.20. The van der Waals surface area contributed by atoms with E-state index in [-0.39, 0.29) is 10.5 Å². The van der Waals surface area contributed by atoms with Crippen molar-refractivity contribution in [1.82, 2.24) is 5.43 Å². The first kappa shape index (κ1) is 21.6. The second-order valence-electron chi connectivity index (χ2n) is 6.93. The zero-order chi connectivity index (χ0) is 22.7. The third kappa shape index (κ3) is 4.82. The van der Waals surface area contributed by atoms with Crippen LogP contribution in [0.1, 0.15) is 23.0 Å². The lowest BCUT2D eigenvalue weighted by molar-refractivity contribution is 0.0954. The lowest BCUT2D eigenvalue weighted by atomic mass is 10.2. The van der Waals surface area contributed by atoms with E-state index in [9.17, 15) is 13.2 Å². The molecular weight excluding hydrogens is 450 g/mol. The molecule has 0 unspecified atom stereocenters. The van der Waals surface area contributed by atoms with Gasteiger partial charge in [-0.25, -0.2) is 13.8 Å². The van der Waals surface area contributed by atoms with Gasteiger partial charge in [0, 0.05) is 16.0 Å². The molecule has 1 amide bonds. The van der Waals surface area contributed by atoms with E-state index in [1.54, 1.807) is 25.1 Å². The highest BCUT2D eigenvalue weighted by Crippen LogP contribution is 2.21. The van der Waals surface area contributed by atoms with E-state index in [0.717, 1.165) is 5.39 Å². The summed E-state index contributed by atoms with van der Waals surface area (Å²) < 4.78 is 33.6. The molecule has 0 fully saturated rings. The normalized spacial score (nSPS) is 12.0. The van der Waals surface area contributed by atoms with Crippen LogP contribution in [0.2, 0.25) is 5.02 Å². The Labute approximate surface area is 189 Å². The van der Waals surface area contributed by atoms with Crippen LogP contribution in [0.25, 0.3) is 11.0 Å². The maximum atomic E-state index is 12.7. The molecular formula is C23H18ClN3O4S. The minimum atomic E-state index is -3.91. The summed E-state index contributed by atoms with van der Waals surface area (Å²) in [5.41, 5.74) is 4.08. The fourth-order valence-electron chi connectivity index (χ4n) is 2.98. The Morgan fingerprint density at radius 1 is 0.969 bits per heavy atom. The zero-order valence-electron chi connectivity index (χ0n) is 16.9. The summed E-state index contributed by atoms with van der Waals surface area (Å²) in [6.45, 7) is 1.70. The van der Waals surface area contributed by atoms with Crippen molar-refractivity contribution in [3.8, 4) is 0 Å². The van der Waals surface area contributed by atoms with Crippen molar-refractivity contribution in [2.75, 3.05) is 4.72 Å². The average molecular weight is 468 g/mol. The number of carbonyl (C=O) groups excluding carboxylic acids is 1. The SMILES string of the molecule is CC(=NNC(=O)c1cccc(S(=O)(=O)Nc2cccc(Cl)c2)c1)c1cc2ccccc2o1. The van der Waals surface area contributed by atoms with Gasteiger partial charge in [-0.1, -0.05) is 41.9 Å². The van der Waals surface area contributed by atoms with Crippen molar-refractivity contribution in [2.24, 2.45) is 5.10 Å². The second kappa shape index (κ2) is 8.86. The van der Waals surface area contributed by atoms with Crippen LogP contribution >= 0.6 is 11.6 Å². The number of halogens is 1. The van der Waals surface area contributed by atoms with E-state index in [1.807, 2.05) is 30.3 Å². The van der Waals surface area contributed by atoms with E-state index in [2.05, 4.69) is 15.2 Å². The van der Waals surface area contributed by atoms with E-state index in [0.29, 0.717) is 27.8 Å². The van der Waals surface area contributed by atoms with Gasteiger partial charge in [-0.15, -0.1) is 0 Å². The molecule has 4 aromatic rings. The molecule has 0 spiro atoms. The highest BCUT2D eigenvalue weighted by molar-refractivity contribution is 7.92. The van der Waals surface area contributed by atoms with Crippen molar-refractivity contribution in [1.29, 1.82) is 0 Å². The number of carbonyl (C=O) groups is 1. The first-order valence-corrected chi connectivity index (χ1v) is 11.4. The largest absolute Gasteiger partial charge is 0.455 e. The van der Waals surface area contributed by atoms with Gasteiger partial charge in [-0.05, 0) is 55.5 Å². The molecule has 4 rings (SSSR count). The Balaban J connectivity index is 1.51. The van der Waals surface area contributed by atoms with Gasteiger partial charge in [-0.3, -0.25) is 9.52 Å². The first-order valence-electron chi connectivity index (χ1n) is 9.54. The summed E-state index contributed by atoms with van der Waals surface area (Å²) >= 11 is 5.91. The summed E-state index contributed by atoms with van der Waals surface area (Å²) in [7, 11) is -3.91. The molecule has 0 aliphatic carbocycles. The number of benzene rings is 3. The molecule has 1 heterocycles. The van der Waals surface area contributed by atoms with Gasteiger partial charge in [0.05, 0.1) is 10.6 Å². The van der Waals surface area contributed by atoms with E-state index in [4.69, 9.17) is 16.0 Å². The van der Waals surface area contributed by atoms with Crippen LogP contribution in [-0.4, -0.2) is 20.0 Å². The Hall–Kier alpha value is -3.62. The Kier molecular flexibility index (Phi) is 5.98.